The van der Waals surface area contributed by atoms with E-state index in [0.29, 0.717) is 12.3 Å². The Hall–Kier alpha value is -0.710. The summed E-state index contributed by atoms with van der Waals surface area (Å²) in [7, 11) is 0. The third-order valence-corrected chi connectivity index (χ3v) is 3.83. The quantitative estimate of drug-likeness (QED) is 0.690. The number of carbonyl (C=O) groups excluding carboxylic acids is 1. The highest BCUT2D eigenvalue weighted by atomic mass is 35.5. The Morgan fingerprint density at radius 3 is 2.63 bits per heavy atom. The Morgan fingerprint density at radius 2 is 1.95 bits per heavy atom. The summed E-state index contributed by atoms with van der Waals surface area (Å²) in [5.74, 6) is 1.36. The highest BCUT2D eigenvalue weighted by Crippen LogP contribution is 2.15. The maximum absolute atomic E-state index is 11.5. The SMILES string of the molecule is O=C(CSCc1ccc(Cl)cc1)NCCCCCO. The van der Waals surface area contributed by atoms with Gasteiger partial charge < -0.3 is 10.4 Å². The van der Waals surface area contributed by atoms with Gasteiger partial charge in [-0.25, -0.2) is 0 Å². The van der Waals surface area contributed by atoms with Crippen molar-refractivity contribution in [3.8, 4) is 0 Å². The summed E-state index contributed by atoms with van der Waals surface area (Å²) in [5, 5.41) is 12.2. The molecule has 3 nitrogen and oxygen atoms in total. The summed E-state index contributed by atoms with van der Waals surface area (Å²) in [6.07, 6.45) is 2.68. The van der Waals surface area contributed by atoms with Gasteiger partial charge in [0.05, 0.1) is 5.75 Å². The molecule has 2 N–H and O–H groups in total. The van der Waals surface area contributed by atoms with Gasteiger partial charge in [-0.05, 0) is 37.0 Å². The zero-order valence-corrected chi connectivity index (χ0v) is 12.5. The summed E-state index contributed by atoms with van der Waals surface area (Å²) in [4.78, 5) is 11.5. The maximum Gasteiger partial charge on any atom is 0.230 e. The second-order valence-corrected chi connectivity index (χ2v) is 5.68. The topological polar surface area (TPSA) is 49.3 Å². The van der Waals surface area contributed by atoms with Crippen molar-refractivity contribution in [1.82, 2.24) is 5.32 Å². The minimum absolute atomic E-state index is 0.0722. The predicted molar refractivity (Wildman–Crippen MR) is 81.6 cm³/mol. The van der Waals surface area contributed by atoms with Crippen LogP contribution in [-0.4, -0.2) is 29.9 Å². The van der Waals surface area contributed by atoms with Crippen molar-refractivity contribution in [2.75, 3.05) is 18.9 Å². The number of halogens is 1. The Morgan fingerprint density at radius 1 is 1.21 bits per heavy atom. The molecule has 0 saturated heterocycles. The third kappa shape index (κ3) is 8.14. The van der Waals surface area contributed by atoms with Crippen molar-refractivity contribution < 1.29 is 9.90 Å². The lowest BCUT2D eigenvalue weighted by molar-refractivity contribution is -0.118. The molecule has 19 heavy (non-hydrogen) atoms. The molecular formula is C14H20ClNO2S. The number of hydrogen-bond donors (Lipinski definition) is 2. The molecule has 0 fully saturated rings. The lowest BCUT2D eigenvalue weighted by Crippen LogP contribution is -2.26. The van der Waals surface area contributed by atoms with E-state index in [0.717, 1.165) is 30.0 Å². The van der Waals surface area contributed by atoms with Gasteiger partial charge in [0.2, 0.25) is 5.91 Å². The van der Waals surface area contributed by atoms with Gasteiger partial charge in [0, 0.05) is 23.9 Å². The van der Waals surface area contributed by atoms with Crippen LogP contribution in [0.15, 0.2) is 24.3 Å². The molecule has 106 valence electrons. The molecule has 0 aliphatic carbocycles. The number of rotatable bonds is 9. The number of benzene rings is 1. The van der Waals surface area contributed by atoms with Gasteiger partial charge >= 0.3 is 0 Å². The third-order valence-electron chi connectivity index (χ3n) is 2.57. The lowest BCUT2D eigenvalue weighted by atomic mass is 10.2. The monoisotopic (exact) mass is 301 g/mol. The van der Waals surface area contributed by atoms with Crippen LogP contribution in [0.1, 0.15) is 24.8 Å². The number of carbonyl (C=O) groups is 1. The van der Waals surface area contributed by atoms with Crippen molar-refractivity contribution in [2.45, 2.75) is 25.0 Å². The zero-order chi connectivity index (χ0) is 13.9. The van der Waals surface area contributed by atoms with Crippen molar-refractivity contribution in [2.24, 2.45) is 0 Å². The zero-order valence-electron chi connectivity index (χ0n) is 10.9. The molecule has 5 heteroatoms. The van der Waals surface area contributed by atoms with E-state index in [-0.39, 0.29) is 12.5 Å². The molecule has 1 aromatic rings. The number of unbranched alkanes of at least 4 members (excludes halogenated alkanes) is 2. The van der Waals surface area contributed by atoms with E-state index < -0.39 is 0 Å². The minimum Gasteiger partial charge on any atom is -0.396 e. The van der Waals surface area contributed by atoms with E-state index in [1.165, 1.54) is 5.56 Å². The standard InChI is InChI=1S/C14H20ClNO2S/c15-13-6-4-12(5-7-13)10-19-11-14(18)16-8-2-1-3-9-17/h4-7,17H,1-3,8-11H2,(H,16,18). The van der Waals surface area contributed by atoms with E-state index in [9.17, 15) is 4.79 Å². The molecule has 0 aromatic heterocycles. The second-order valence-electron chi connectivity index (χ2n) is 4.25. The van der Waals surface area contributed by atoms with Crippen LogP contribution >= 0.6 is 23.4 Å². The van der Waals surface area contributed by atoms with Gasteiger partial charge in [-0.2, -0.15) is 0 Å². The smallest absolute Gasteiger partial charge is 0.230 e. The van der Waals surface area contributed by atoms with Gasteiger partial charge in [-0.3, -0.25) is 4.79 Å². The molecule has 0 aliphatic rings. The first-order valence-electron chi connectivity index (χ1n) is 6.42. The van der Waals surface area contributed by atoms with Gasteiger partial charge in [0.15, 0.2) is 0 Å². The summed E-state index contributed by atoms with van der Waals surface area (Å²) in [5.41, 5.74) is 1.17. The Labute approximate surface area is 123 Å². The average molecular weight is 302 g/mol. The van der Waals surface area contributed by atoms with Crippen LogP contribution in [0.25, 0.3) is 0 Å². The number of aliphatic hydroxyl groups is 1. The van der Waals surface area contributed by atoms with E-state index in [2.05, 4.69) is 5.32 Å². The van der Waals surface area contributed by atoms with Gasteiger partial charge in [-0.15, -0.1) is 11.8 Å². The number of amides is 1. The maximum atomic E-state index is 11.5. The fourth-order valence-electron chi connectivity index (χ4n) is 1.53. The molecule has 0 spiro atoms. The highest BCUT2D eigenvalue weighted by Gasteiger charge is 2.01. The second kappa shape index (κ2) is 10.1. The van der Waals surface area contributed by atoms with Crippen LogP contribution in [0.5, 0.6) is 0 Å². The average Bonchev–Trinajstić information content (AvgIpc) is 2.41. The molecule has 1 aromatic carbocycles. The molecule has 0 atom stereocenters. The molecule has 0 heterocycles. The molecule has 0 aliphatic heterocycles. The first-order chi connectivity index (χ1) is 9.22. The summed E-state index contributed by atoms with van der Waals surface area (Å²) in [6, 6.07) is 7.67. The van der Waals surface area contributed by atoms with E-state index >= 15 is 0 Å². The summed E-state index contributed by atoms with van der Waals surface area (Å²) in [6.45, 7) is 0.922. The van der Waals surface area contributed by atoms with E-state index in [1.807, 2.05) is 24.3 Å². The molecule has 1 amide bonds. The summed E-state index contributed by atoms with van der Waals surface area (Å²) < 4.78 is 0. The normalized spacial score (nSPS) is 10.4. The largest absolute Gasteiger partial charge is 0.396 e. The number of nitrogens with one attached hydrogen (secondary N) is 1. The summed E-state index contributed by atoms with van der Waals surface area (Å²) >= 11 is 7.40. The van der Waals surface area contributed by atoms with Crippen molar-refractivity contribution in [3.63, 3.8) is 0 Å². The van der Waals surface area contributed by atoms with Crippen molar-refractivity contribution in [1.29, 1.82) is 0 Å². The Kier molecular flexibility index (Phi) is 8.71. The van der Waals surface area contributed by atoms with E-state index in [1.54, 1.807) is 11.8 Å². The molecule has 0 unspecified atom stereocenters. The first kappa shape index (κ1) is 16.3. The van der Waals surface area contributed by atoms with Crippen LogP contribution in [0.4, 0.5) is 0 Å². The van der Waals surface area contributed by atoms with Crippen LogP contribution < -0.4 is 5.32 Å². The molecule has 0 bridgehead atoms. The van der Waals surface area contributed by atoms with Crippen LogP contribution in [-0.2, 0) is 10.5 Å². The first-order valence-corrected chi connectivity index (χ1v) is 7.95. The highest BCUT2D eigenvalue weighted by molar-refractivity contribution is 7.99. The minimum atomic E-state index is 0.0722. The van der Waals surface area contributed by atoms with Crippen LogP contribution in [0.3, 0.4) is 0 Å². The lowest BCUT2D eigenvalue weighted by Gasteiger charge is -2.05. The number of aliphatic hydroxyl groups excluding tert-OH is 1. The van der Waals surface area contributed by atoms with Gasteiger partial charge in [-0.1, -0.05) is 23.7 Å². The van der Waals surface area contributed by atoms with Crippen molar-refractivity contribution in [3.05, 3.63) is 34.9 Å². The number of hydrogen-bond acceptors (Lipinski definition) is 3. The molecule has 0 radical (unpaired) electrons. The van der Waals surface area contributed by atoms with Crippen LogP contribution in [0.2, 0.25) is 5.02 Å². The predicted octanol–water partition coefficient (Wildman–Crippen LogP) is 2.85. The molecule has 0 saturated carbocycles. The number of thioether (sulfide) groups is 1. The van der Waals surface area contributed by atoms with Gasteiger partial charge in [0.1, 0.15) is 0 Å². The van der Waals surface area contributed by atoms with Gasteiger partial charge in [0.25, 0.3) is 0 Å². The fraction of sp³-hybridized carbons (Fsp3) is 0.500. The molecular weight excluding hydrogens is 282 g/mol. The molecule has 1 rings (SSSR count). The van der Waals surface area contributed by atoms with E-state index in [4.69, 9.17) is 16.7 Å². The Bertz CT molecular complexity index is 370. The Balaban J connectivity index is 2.05. The fourth-order valence-corrected chi connectivity index (χ4v) is 2.48. The van der Waals surface area contributed by atoms with Crippen LogP contribution in [0, 0.1) is 0 Å². The van der Waals surface area contributed by atoms with Crippen molar-refractivity contribution >= 4 is 29.3 Å².